The number of ether oxygens (including phenoxy) is 2. The zero-order valence-corrected chi connectivity index (χ0v) is 15.0. The molecule has 0 atom stereocenters. The molecule has 0 fully saturated rings. The minimum Gasteiger partial charge on any atom is -0.454 e. The van der Waals surface area contributed by atoms with E-state index in [4.69, 9.17) is 9.47 Å². The molecule has 0 spiro atoms. The summed E-state index contributed by atoms with van der Waals surface area (Å²) in [6.07, 6.45) is 9.58. The number of hydrogen-bond donors (Lipinski definition) is 1. The number of nitrogens with one attached hydrogen (secondary N) is 1. The minimum atomic E-state index is -0.524. The molecule has 142 valence electrons. The monoisotopic (exact) mass is 363 g/mol. The van der Waals surface area contributed by atoms with Crippen LogP contribution < -0.4 is 14.9 Å². The third kappa shape index (κ3) is 6.02. The predicted molar refractivity (Wildman–Crippen MR) is 97.6 cm³/mol. The van der Waals surface area contributed by atoms with E-state index in [1.165, 1.54) is 44.0 Å². The summed E-state index contributed by atoms with van der Waals surface area (Å²) in [5.41, 5.74) is 2.50. The van der Waals surface area contributed by atoms with Crippen LogP contribution in [0.5, 0.6) is 11.5 Å². The second kappa shape index (κ2) is 10.4. The number of benzene rings is 1. The molecule has 1 heterocycles. The van der Waals surface area contributed by atoms with Gasteiger partial charge >= 0.3 is 0 Å². The van der Waals surface area contributed by atoms with Gasteiger partial charge in [-0.25, -0.2) is 5.43 Å². The number of unbranched alkanes of at least 4 members (excludes halogenated alkanes) is 6. The summed E-state index contributed by atoms with van der Waals surface area (Å²) >= 11 is 0. The van der Waals surface area contributed by atoms with Crippen molar-refractivity contribution in [2.24, 2.45) is 5.10 Å². The Labute approximate surface area is 152 Å². The Balaban J connectivity index is 1.77. The first-order valence-electron chi connectivity index (χ1n) is 9.01. The van der Waals surface area contributed by atoms with E-state index in [1.54, 1.807) is 0 Å². The molecule has 2 rings (SSSR count). The van der Waals surface area contributed by atoms with Crippen molar-refractivity contribution in [1.82, 2.24) is 5.43 Å². The van der Waals surface area contributed by atoms with E-state index in [2.05, 4.69) is 17.5 Å². The molecule has 0 aliphatic carbocycles. The molecule has 1 aromatic carbocycles. The van der Waals surface area contributed by atoms with Gasteiger partial charge in [0.15, 0.2) is 11.5 Å². The summed E-state index contributed by atoms with van der Waals surface area (Å²) in [7, 11) is 0. The van der Waals surface area contributed by atoms with Crippen molar-refractivity contribution in [2.45, 2.75) is 58.3 Å². The number of fused-ring (bicyclic) bond motifs is 1. The van der Waals surface area contributed by atoms with E-state index in [9.17, 15) is 14.9 Å². The van der Waals surface area contributed by atoms with Crippen molar-refractivity contribution in [3.8, 4) is 11.5 Å². The highest BCUT2D eigenvalue weighted by Gasteiger charge is 2.22. The zero-order valence-electron chi connectivity index (χ0n) is 15.0. The highest BCUT2D eigenvalue weighted by molar-refractivity contribution is 5.88. The fourth-order valence-electron chi connectivity index (χ4n) is 2.68. The summed E-state index contributed by atoms with van der Waals surface area (Å²) in [5, 5.41) is 15.0. The van der Waals surface area contributed by atoms with Gasteiger partial charge in [-0.2, -0.15) is 5.10 Å². The van der Waals surface area contributed by atoms with Crippen LogP contribution in [0.25, 0.3) is 0 Å². The molecule has 26 heavy (non-hydrogen) atoms. The van der Waals surface area contributed by atoms with Crippen LogP contribution in [0.1, 0.15) is 63.9 Å². The third-order valence-electron chi connectivity index (χ3n) is 4.12. The van der Waals surface area contributed by atoms with Crippen LogP contribution in [0.2, 0.25) is 0 Å². The molecule has 0 saturated carbocycles. The van der Waals surface area contributed by atoms with Gasteiger partial charge in [-0.1, -0.05) is 45.4 Å². The van der Waals surface area contributed by atoms with Crippen LogP contribution >= 0.6 is 0 Å². The summed E-state index contributed by atoms with van der Waals surface area (Å²) in [6.45, 7) is 2.21. The first-order valence-corrected chi connectivity index (χ1v) is 9.01. The second-order valence-corrected chi connectivity index (χ2v) is 6.19. The maximum atomic E-state index is 11.8. The molecular formula is C18H25N3O5. The average molecular weight is 363 g/mol. The molecule has 0 saturated heterocycles. The fraction of sp³-hybridized carbons (Fsp3) is 0.556. The van der Waals surface area contributed by atoms with Gasteiger partial charge in [-0.05, 0) is 12.5 Å². The van der Waals surface area contributed by atoms with Gasteiger partial charge in [0.2, 0.25) is 12.7 Å². The number of nitro benzene ring substituents is 1. The molecule has 1 aliphatic heterocycles. The standard InChI is InChI=1S/C18H25N3O5/c1-2-3-4-5-6-7-8-9-18(22)20-19-12-14-10-16-17(26-13-25-16)11-15(14)21(23)24/h10-12H,2-9,13H2,1H3,(H,20,22). The lowest BCUT2D eigenvalue weighted by atomic mass is 10.1. The van der Waals surface area contributed by atoms with Crippen molar-refractivity contribution in [1.29, 1.82) is 0 Å². The third-order valence-corrected chi connectivity index (χ3v) is 4.12. The molecule has 8 nitrogen and oxygen atoms in total. The number of hydrogen-bond acceptors (Lipinski definition) is 6. The van der Waals surface area contributed by atoms with Crippen molar-refractivity contribution in [3.05, 3.63) is 27.8 Å². The predicted octanol–water partition coefficient (Wildman–Crippen LogP) is 3.91. The van der Waals surface area contributed by atoms with E-state index in [-0.39, 0.29) is 24.0 Å². The van der Waals surface area contributed by atoms with Crippen molar-refractivity contribution >= 4 is 17.8 Å². The number of carbonyl (C=O) groups excluding carboxylic acids is 1. The zero-order chi connectivity index (χ0) is 18.8. The lowest BCUT2D eigenvalue weighted by molar-refractivity contribution is -0.385. The number of rotatable bonds is 11. The Morgan fingerprint density at radius 2 is 1.85 bits per heavy atom. The number of nitro groups is 1. The van der Waals surface area contributed by atoms with Crippen LogP contribution in [0, 0.1) is 10.1 Å². The quantitative estimate of drug-likeness (QED) is 0.278. The highest BCUT2D eigenvalue weighted by Crippen LogP contribution is 2.37. The van der Waals surface area contributed by atoms with Crippen LogP contribution in [0.4, 0.5) is 5.69 Å². The largest absolute Gasteiger partial charge is 0.454 e. The van der Waals surface area contributed by atoms with Gasteiger partial charge in [-0.15, -0.1) is 0 Å². The van der Waals surface area contributed by atoms with E-state index in [0.29, 0.717) is 17.9 Å². The van der Waals surface area contributed by atoms with E-state index >= 15 is 0 Å². The number of hydrazone groups is 1. The Morgan fingerprint density at radius 3 is 2.54 bits per heavy atom. The molecule has 1 amide bonds. The molecular weight excluding hydrogens is 338 g/mol. The molecule has 1 aliphatic rings. The van der Waals surface area contributed by atoms with Gasteiger partial charge in [0.25, 0.3) is 5.69 Å². The Hall–Kier alpha value is -2.64. The van der Waals surface area contributed by atoms with E-state index in [1.807, 2.05) is 0 Å². The van der Waals surface area contributed by atoms with Crippen molar-refractivity contribution in [2.75, 3.05) is 6.79 Å². The summed E-state index contributed by atoms with van der Waals surface area (Å²) in [4.78, 5) is 22.4. The SMILES string of the molecule is CCCCCCCCCC(=O)NN=Cc1cc2c(cc1[N+](=O)[O-])OCO2. The van der Waals surface area contributed by atoms with E-state index < -0.39 is 4.92 Å². The molecule has 1 N–H and O–H groups in total. The Morgan fingerprint density at radius 1 is 1.19 bits per heavy atom. The maximum absolute atomic E-state index is 11.8. The molecule has 1 aromatic rings. The number of nitrogens with zero attached hydrogens (tertiary/aromatic N) is 2. The summed E-state index contributed by atoms with van der Waals surface area (Å²) < 4.78 is 10.3. The second-order valence-electron chi connectivity index (χ2n) is 6.19. The summed E-state index contributed by atoms with van der Waals surface area (Å²) in [6, 6.07) is 2.77. The van der Waals surface area contributed by atoms with Crippen LogP contribution in [-0.4, -0.2) is 23.8 Å². The highest BCUT2D eigenvalue weighted by atomic mass is 16.7. The lowest BCUT2D eigenvalue weighted by Crippen LogP contribution is -2.17. The first-order chi connectivity index (χ1) is 12.6. The first kappa shape index (κ1) is 19.7. The van der Waals surface area contributed by atoms with Gasteiger partial charge in [0.05, 0.1) is 22.8 Å². The molecule has 8 heteroatoms. The smallest absolute Gasteiger partial charge is 0.282 e. The number of amides is 1. The van der Waals surface area contributed by atoms with Gasteiger partial charge in [0.1, 0.15) is 0 Å². The Bertz CT molecular complexity index is 660. The topological polar surface area (TPSA) is 103 Å². The lowest BCUT2D eigenvalue weighted by Gasteiger charge is -2.02. The molecule has 0 radical (unpaired) electrons. The van der Waals surface area contributed by atoms with E-state index in [0.717, 1.165) is 19.3 Å². The minimum absolute atomic E-state index is 0.0300. The maximum Gasteiger partial charge on any atom is 0.282 e. The van der Waals surface area contributed by atoms with Crippen LogP contribution in [0.3, 0.4) is 0 Å². The molecule has 0 aromatic heterocycles. The van der Waals surface area contributed by atoms with Crippen molar-refractivity contribution < 1.29 is 19.2 Å². The molecule has 0 bridgehead atoms. The Kier molecular flexibility index (Phi) is 7.85. The normalized spacial score (nSPS) is 12.5. The fourth-order valence-corrected chi connectivity index (χ4v) is 2.68. The summed E-state index contributed by atoms with van der Waals surface area (Å²) in [5.74, 6) is 0.557. The average Bonchev–Trinajstić information content (AvgIpc) is 3.07. The van der Waals surface area contributed by atoms with Crippen LogP contribution in [-0.2, 0) is 4.79 Å². The molecule has 0 unspecified atom stereocenters. The van der Waals surface area contributed by atoms with Gasteiger partial charge in [-0.3, -0.25) is 14.9 Å². The van der Waals surface area contributed by atoms with Gasteiger partial charge in [0, 0.05) is 6.42 Å². The van der Waals surface area contributed by atoms with Gasteiger partial charge < -0.3 is 9.47 Å². The van der Waals surface area contributed by atoms with Crippen LogP contribution in [0.15, 0.2) is 17.2 Å². The number of carbonyl (C=O) groups is 1. The van der Waals surface area contributed by atoms with Crippen molar-refractivity contribution in [3.63, 3.8) is 0 Å².